The lowest BCUT2D eigenvalue weighted by Gasteiger charge is -2.30. The van der Waals surface area contributed by atoms with Gasteiger partial charge in [0.1, 0.15) is 14.5 Å². The molecule has 3 nitrogen and oxygen atoms in total. The zero-order valence-electron chi connectivity index (χ0n) is 12.2. The number of hydrogen-bond donors (Lipinski definition) is 0. The highest BCUT2D eigenvalue weighted by atomic mass is 16.5. The van der Waals surface area contributed by atoms with Crippen molar-refractivity contribution in [3.63, 3.8) is 0 Å². The molecule has 20 heavy (non-hydrogen) atoms. The predicted octanol–water partition coefficient (Wildman–Crippen LogP) is 1.89. The van der Waals surface area contributed by atoms with Crippen LogP contribution in [0.1, 0.15) is 31.7 Å². The van der Waals surface area contributed by atoms with E-state index < -0.39 is 0 Å². The van der Waals surface area contributed by atoms with Crippen LogP contribution in [0.4, 0.5) is 0 Å². The topological polar surface area (TPSA) is 35.5 Å². The molecule has 3 rings (SSSR count). The van der Waals surface area contributed by atoms with Crippen molar-refractivity contribution in [1.82, 2.24) is 0 Å². The van der Waals surface area contributed by atoms with Crippen LogP contribution in [0.3, 0.4) is 0 Å². The van der Waals surface area contributed by atoms with E-state index in [4.69, 9.17) is 9.47 Å². The van der Waals surface area contributed by atoms with Crippen LogP contribution in [0.5, 0.6) is 0 Å². The number of carbonyl (C=O) groups excluding carboxylic acids is 1. The van der Waals surface area contributed by atoms with Crippen LogP contribution in [-0.2, 0) is 20.9 Å². The van der Waals surface area contributed by atoms with E-state index >= 15 is 0 Å². The van der Waals surface area contributed by atoms with Gasteiger partial charge >= 0.3 is 5.97 Å². The van der Waals surface area contributed by atoms with Crippen molar-refractivity contribution < 1.29 is 14.3 Å². The Labute approximate surface area is 121 Å². The molecule has 106 valence electrons. The molecule has 1 unspecified atom stereocenters. The average Bonchev–Trinajstić information content (AvgIpc) is 2.98. The standard InChI is InChI=1S/C16H21BO3/c1-2-16-9-8-12(14(17)20-16)13(16)15(18)19-10-11-6-4-3-5-7-11/h3-7,12-14H,2,8-10,17H2,1H3/t12-,13?,14+,16-/m0/s1. The zero-order chi connectivity index (χ0) is 14.2. The van der Waals surface area contributed by atoms with E-state index in [0.717, 1.165) is 24.8 Å². The van der Waals surface area contributed by atoms with Crippen LogP contribution in [-0.4, -0.2) is 25.4 Å². The van der Waals surface area contributed by atoms with Crippen molar-refractivity contribution in [2.45, 2.75) is 44.4 Å². The minimum atomic E-state index is -0.266. The van der Waals surface area contributed by atoms with Gasteiger partial charge in [0.25, 0.3) is 0 Å². The number of fused-ring (bicyclic) bond motifs is 2. The fraction of sp³-hybridized carbons (Fsp3) is 0.562. The Morgan fingerprint density at radius 3 is 2.85 bits per heavy atom. The molecule has 1 aliphatic heterocycles. The summed E-state index contributed by atoms with van der Waals surface area (Å²) in [7, 11) is 2.08. The maximum Gasteiger partial charge on any atom is 0.312 e. The molecule has 1 heterocycles. The number of carbonyl (C=O) groups is 1. The molecule has 2 fully saturated rings. The Bertz CT molecular complexity index is 490. The van der Waals surface area contributed by atoms with E-state index in [2.05, 4.69) is 14.8 Å². The molecule has 0 aromatic heterocycles. The maximum absolute atomic E-state index is 12.5. The smallest absolute Gasteiger partial charge is 0.312 e. The highest BCUT2D eigenvalue weighted by Gasteiger charge is 2.60. The third-order valence-electron chi connectivity index (χ3n) is 5.00. The predicted molar refractivity (Wildman–Crippen MR) is 78.9 cm³/mol. The molecule has 2 aliphatic rings. The van der Waals surface area contributed by atoms with Gasteiger partial charge in [-0.1, -0.05) is 37.3 Å². The summed E-state index contributed by atoms with van der Waals surface area (Å²) in [5.74, 6) is 0.173. The van der Waals surface area contributed by atoms with Crippen molar-refractivity contribution in [1.29, 1.82) is 0 Å². The molecule has 4 heteroatoms. The molecule has 0 radical (unpaired) electrons. The van der Waals surface area contributed by atoms with Gasteiger partial charge in [0.05, 0.1) is 11.5 Å². The second kappa shape index (κ2) is 5.25. The Kier molecular flexibility index (Phi) is 3.59. The molecule has 1 aromatic carbocycles. The monoisotopic (exact) mass is 272 g/mol. The lowest BCUT2D eigenvalue weighted by molar-refractivity contribution is -0.156. The first kappa shape index (κ1) is 13.7. The molecular weight excluding hydrogens is 251 g/mol. The van der Waals surface area contributed by atoms with E-state index in [1.54, 1.807) is 0 Å². The Morgan fingerprint density at radius 1 is 1.45 bits per heavy atom. The molecule has 0 amide bonds. The van der Waals surface area contributed by atoms with E-state index in [0.29, 0.717) is 12.5 Å². The van der Waals surface area contributed by atoms with Crippen molar-refractivity contribution in [2.75, 3.05) is 0 Å². The zero-order valence-corrected chi connectivity index (χ0v) is 12.2. The van der Waals surface area contributed by atoms with Crippen LogP contribution in [0.25, 0.3) is 0 Å². The summed E-state index contributed by atoms with van der Waals surface area (Å²) < 4.78 is 11.6. The normalized spacial score (nSPS) is 35.1. The van der Waals surface area contributed by atoms with Gasteiger partial charge in [-0.05, 0) is 30.7 Å². The number of rotatable bonds is 4. The van der Waals surface area contributed by atoms with Gasteiger partial charge in [0.15, 0.2) is 0 Å². The Morgan fingerprint density at radius 2 is 2.20 bits per heavy atom. The third kappa shape index (κ3) is 2.16. The number of esters is 1. The second-order valence-electron chi connectivity index (χ2n) is 6.01. The molecule has 0 spiro atoms. The van der Waals surface area contributed by atoms with Crippen molar-refractivity contribution in [2.24, 2.45) is 11.8 Å². The summed E-state index contributed by atoms with van der Waals surface area (Å²) in [5.41, 5.74) is 0.767. The van der Waals surface area contributed by atoms with Gasteiger partial charge in [0.2, 0.25) is 0 Å². The summed E-state index contributed by atoms with van der Waals surface area (Å²) in [5, 5.41) is 0. The van der Waals surface area contributed by atoms with Crippen molar-refractivity contribution in [3.8, 4) is 0 Å². The Hall–Kier alpha value is -1.29. The fourth-order valence-corrected chi connectivity index (χ4v) is 3.91. The summed E-state index contributed by atoms with van der Waals surface area (Å²) in [4.78, 5) is 12.5. The Balaban J connectivity index is 1.68. The van der Waals surface area contributed by atoms with Gasteiger partial charge < -0.3 is 9.47 Å². The minimum Gasteiger partial charge on any atom is -0.461 e. The van der Waals surface area contributed by atoms with Crippen LogP contribution in [0, 0.1) is 11.8 Å². The summed E-state index contributed by atoms with van der Waals surface area (Å²) in [6, 6.07) is 10.0. The molecule has 1 saturated heterocycles. The van der Waals surface area contributed by atoms with Gasteiger partial charge in [-0.3, -0.25) is 4.79 Å². The fourth-order valence-electron chi connectivity index (χ4n) is 3.91. The molecule has 0 N–H and O–H groups in total. The first-order valence-electron chi connectivity index (χ1n) is 7.54. The molecule has 1 aliphatic carbocycles. The molecular formula is C16H21BO3. The number of hydrogen-bond acceptors (Lipinski definition) is 3. The highest BCUT2D eigenvalue weighted by molar-refractivity contribution is 6.11. The van der Waals surface area contributed by atoms with Gasteiger partial charge in [-0.15, -0.1) is 0 Å². The van der Waals surface area contributed by atoms with E-state index in [1.165, 1.54) is 0 Å². The number of ether oxygens (including phenoxy) is 2. The molecule has 4 atom stereocenters. The summed E-state index contributed by atoms with van der Waals surface area (Å²) in [6.07, 6.45) is 2.96. The minimum absolute atomic E-state index is 0.0776. The maximum atomic E-state index is 12.5. The van der Waals surface area contributed by atoms with E-state index in [-0.39, 0.29) is 23.5 Å². The summed E-state index contributed by atoms with van der Waals surface area (Å²) >= 11 is 0. The third-order valence-corrected chi connectivity index (χ3v) is 5.00. The quantitative estimate of drug-likeness (QED) is 0.620. The van der Waals surface area contributed by atoms with Gasteiger partial charge in [-0.2, -0.15) is 0 Å². The van der Waals surface area contributed by atoms with Crippen LogP contribution in [0.15, 0.2) is 30.3 Å². The van der Waals surface area contributed by atoms with Crippen LogP contribution < -0.4 is 0 Å². The van der Waals surface area contributed by atoms with E-state index in [1.807, 2.05) is 30.3 Å². The molecule has 1 aromatic rings. The lowest BCUT2D eigenvalue weighted by atomic mass is 9.80. The van der Waals surface area contributed by atoms with Crippen LogP contribution >= 0.6 is 0 Å². The SMILES string of the molecule is B[C@@H]1O[C@@]2(CC)CC[C@H]1C2C(=O)OCc1ccccc1. The van der Waals surface area contributed by atoms with Crippen molar-refractivity contribution >= 4 is 13.8 Å². The first-order valence-corrected chi connectivity index (χ1v) is 7.54. The second-order valence-corrected chi connectivity index (χ2v) is 6.01. The van der Waals surface area contributed by atoms with Crippen molar-refractivity contribution in [3.05, 3.63) is 35.9 Å². The highest BCUT2D eigenvalue weighted by Crippen LogP contribution is 2.53. The molecule has 2 bridgehead atoms. The average molecular weight is 272 g/mol. The number of benzene rings is 1. The largest absolute Gasteiger partial charge is 0.461 e. The first-order chi connectivity index (χ1) is 9.66. The van der Waals surface area contributed by atoms with Gasteiger partial charge in [0, 0.05) is 6.00 Å². The van der Waals surface area contributed by atoms with E-state index in [9.17, 15) is 4.79 Å². The summed E-state index contributed by atoms with van der Waals surface area (Å²) in [6.45, 7) is 2.47. The van der Waals surface area contributed by atoms with Gasteiger partial charge in [-0.25, -0.2) is 0 Å². The lowest BCUT2D eigenvalue weighted by Crippen LogP contribution is -2.37. The van der Waals surface area contributed by atoms with Crippen LogP contribution in [0.2, 0.25) is 0 Å². The molecule has 1 saturated carbocycles.